The first-order valence-electron chi connectivity index (χ1n) is 6.93. The number of hydrogen-bond acceptors (Lipinski definition) is 3. The zero-order chi connectivity index (χ0) is 15.8. The molecular weight excluding hydrogens is 276 g/mol. The highest BCUT2D eigenvalue weighted by atomic mass is 16.7. The van der Waals surface area contributed by atoms with Crippen molar-refractivity contribution in [2.45, 2.75) is 6.29 Å². The van der Waals surface area contributed by atoms with Crippen LogP contribution in [0.2, 0.25) is 0 Å². The molecule has 0 spiro atoms. The quantitative estimate of drug-likeness (QED) is 0.333. The van der Waals surface area contributed by atoms with Crippen molar-refractivity contribution in [1.82, 2.24) is 0 Å². The fourth-order valence-corrected chi connectivity index (χ4v) is 1.91. The van der Waals surface area contributed by atoms with Gasteiger partial charge in [0, 0.05) is 18.2 Å². The Bertz CT molecular complexity index is 659. The van der Waals surface area contributed by atoms with E-state index in [0.717, 1.165) is 5.56 Å². The van der Waals surface area contributed by atoms with Crippen molar-refractivity contribution in [3.63, 3.8) is 0 Å². The van der Waals surface area contributed by atoms with Crippen LogP contribution in [0.1, 0.15) is 15.9 Å². The van der Waals surface area contributed by atoms with Gasteiger partial charge in [0.2, 0.25) is 6.29 Å². The van der Waals surface area contributed by atoms with E-state index in [2.05, 4.69) is 6.58 Å². The Labute approximate surface area is 130 Å². The van der Waals surface area contributed by atoms with E-state index < -0.39 is 6.29 Å². The van der Waals surface area contributed by atoms with Crippen LogP contribution >= 0.6 is 0 Å². The van der Waals surface area contributed by atoms with Gasteiger partial charge < -0.3 is 9.47 Å². The van der Waals surface area contributed by atoms with Gasteiger partial charge in [0.15, 0.2) is 5.78 Å². The van der Waals surface area contributed by atoms with Crippen LogP contribution < -0.4 is 4.74 Å². The predicted molar refractivity (Wildman–Crippen MR) is 87.9 cm³/mol. The highest BCUT2D eigenvalue weighted by molar-refractivity contribution is 6.06. The van der Waals surface area contributed by atoms with E-state index in [1.54, 1.807) is 31.4 Å². The molecular formula is C19H18O3. The molecule has 3 nitrogen and oxygen atoms in total. The van der Waals surface area contributed by atoms with Crippen LogP contribution in [0, 0.1) is 0 Å². The Kier molecular flexibility index (Phi) is 5.69. The standard InChI is InChI=1S/C19H18O3/c1-3-19(21-2)22-18-12-8-7-11-16(18)13-14-17(20)15-9-5-4-6-10-15/h3-14,19H,1H2,2H3. The number of ether oxygens (including phenoxy) is 2. The summed E-state index contributed by atoms with van der Waals surface area (Å²) in [5.74, 6) is 0.578. The molecule has 0 amide bonds. The van der Waals surface area contributed by atoms with Crippen molar-refractivity contribution in [1.29, 1.82) is 0 Å². The first-order valence-corrected chi connectivity index (χ1v) is 6.93. The summed E-state index contributed by atoms with van der Waals surface area (Å²) in [7, 11) is 1.55. The zero-order valence-electron chi connectivity index (χ0n) is 12.4. The number of rotatable bonds is 7. The van der Waals surface area contributed by atoms with Gasteiger partial charge in [0.05, 0.1) is 0 Å². The second-order valence-corrected chi connectivity index (χ2v) is 4.56. The van der Waals surface area contributed by atoms with Gasteiger partial charge >= 0.3 is 0 Å². The molecule has 2 aromatic rings. The molecule has 0 aromatic heterocycles. The van der Waals surface area contributed by atoms with Crippen LogP contribution in [-0.4, -0.2) is 19.2 Å². The van der Waals surface area contributed by atoms with Crippen molar-refractivity contribution in [2.24, 2.45) is 0 Å². The third kappa shape index (κ3) is 4.17. The van der Waals surface area contributed by atoms with Crippen molar-refractivity contribution >= 4 is 11.9 Å². The largest absolute Gasteiger partial charge is 0.461 e. The molecule has 0 saturated heterocycles. The lowest BCUT2D eigenvalue weighted by atomic mass is 10.1. The molecule has 22 heavy (non-hydrogen) atoms. The summed E-state index contributed by atoms with van der Waals surface area (Å²) in [6.45, 7) is 3.65. The number of benzene rings is 2. The van der Waals surface area contributed by atoms with Gasteiger partial charge in [-0.15, -0.1) is 0 Å². The molecule has 0 saturated carbocycles. The fourth-order valence-electron chi connectivity index (χ4n) is 1.91. The van der Waals surface area contributed by atoms with E-state index in [1.165, 1.54) is 6.08 Å². The van der Waals surface area contributed by atoms with Gasteiger partial charge in [-0.1, -0.05) is 55.1 Å². The molecule has 1 atom stereocenters. The Morgan fingerprint density at radius 3 is 2.45 bits per heavy atom. The van der Waals surface area contributed by atoms with Gasteiger partial charge in [-0.3, -0.25) is 4.79 Å². The number of methoxy groups -OCH3 is 1. The second-order valence-electron chi connectivity index (χ2n) is 4.56. The van der Waals surface area contributed by atoms with Crippen molar-refractivity contribution in [3.8, 4) is 5.75 Å². The molecule has 0 heterocycles. The van der Waals surface area contributed by atoms with E-state index in [9.17, 15) is 4.79 Å². The second kappa shape index (κ2) is 7.96. The number of carbonyl (C=O) groups excluding carboxylic acids is 1. The van der Waals surface area contributed by atoms with Crippen LogP contribution in [0.5, 0.6) is 5.75 Å². The van der Waals surface area contributed by atoms with E-state index in [1.807, 2.05) is 42.5 Å². The molecule has 0 fully saturated rings. The smallest absolute Gasteiger partial charge is 0.219 e. The van der Waals surface area contributed by atoms with Crippen molar-refractivity contribution < 1.29 is 14.3 Å². The molecule has 0 bridgehead atoms. The Morgan fingerprint density at radius 1 is 1.09 bits per heavy atom. The minimum atomic E-state index is -0.528. The lowest BCUT2D eigenvalue weighted by Gasteiger charge is -2.15. The number of ketones is 1. The SMILES string of the molecule is C=CC(OC)Oc1ccccc1C=CC(=O)c1ccccc1. The summed E-state index contributed by atoms with van der Waals surface area (Å²) in [5.41, 5.74) is 1.45. The molecule has 0 N–H and O–H groups in total. The third-order valence-corrected chi connectivity index (χ3v) is 3.06. The molecule has 1 unspecified atom stereocenters. The van der Waals surface area contributed by atoms with Crippen LogP contribution in [0.3, 0.4) is 0 Å². The average molecular weight is 294 g/mol. The van der Waals surface area contributed by atoms with Gasteiger partial charge in [0.25, 0.3) is 0 Å². The predicted octanol–water partition coefficient (Wildman–Crippen LogP) is 4.12. The minimum absolute atomic E-state index is 0.0533. The number of hydrogen-bond donors (Lipinski definition) is 0. The normalized spacial score (nSPS) is 12.0. The van der Waals surface area contributed by atoms with E-state index in [4.69, 9.17) is 9.47 Å². The monoisotopic (exact) mass is 294 g/mol. The lowest BCUT2D eigenvalue weighted by molar-refractivity contribution is -0.0155. The minimum Gasteiger partial charge on any atom is -0.461 e. The Balaban J connectivity index is 2.17. The van der Waals surface area contributed by atoms with Gasteiger partial charge in [0.1, 0.15) is 5.75 Å². The topological polar surface area (TPSA) is 35.5 Å². The Hall–Kier alpha value is -2.65. The number of para-hydroxylation sites is 1. The van der Waals surface area contributed by atoms with Gasteiger partial charge in [-0.25, -0.2) is 0 Å². The molecule has 112 valence electrons. The van der Waals surface area contributed by atoms with E-state index in [-0.39, 0.29) is 5.78 Å². The van der Waals surface area contributed by atoms with Gasteiger partial charge in [-0.05, 0) is 24.3 Å². The molecule has 0 radical (unpaired) electrons. The van der Waals surface area contributed by atoms with Crippen LogP contribution in [0.4, 0.5) is 0 Å². The number of carbonyl (C=O) groups is 1. The summed E-state index contributed by atoms with van der Waals surface area (Å²) in [6, 6.07) is 16.6. The maximum absolute atomic E-state index is 12.1. The van der Waals surface area contributed by atoms with Crippen LogP contribution in [0.25, 0.3) is 6.08 Å². The lowest BCUT2D eigenvalue weighted by Crippen LogP contribution is -2.15. The average Bonchev–Trinajstić information content (AvgIpc) is 2.59. The molecule has 0 aliphatic rings. The first kappa shape index (κ1) is 15.7. The van der Waals surface area contributed by atoms with E-state index >= 15 is 0 Å². The van der Waals surface area contributed by atoms with Crippen molar-refractivity contribution in [3.05, 3.63) is 84.5 Å². The molecule has 2 aromatic carbocycles. The third-order valence-electron chi connectivity index (χ3n) is 3.06. The maximum Gasteiger partial charge on any atom is 0.219 e. The summed E-state index contributed by atoms with van der Waals surface area (Å²) in [4.78, 5) is 12.1. The molecule has 3 heteroatoms. The summed E-state index contributed by atoms with van der Waals surface area (Å²) < 4.78 is 10.8. The van der Waals surface area contributed by atoms with E-state index in [0.29, 0.717) is 11.3 Å². The van der Waals surface area contributed by atoms with Crippen molar-refractivity contribution in [2.75, 3.05) is 7.11 Å². The first-order chi connectivity index (χ1) is 10.7. The van der Waals surface area contributed by atoms with Crippen LogP contribution in [0.15, 0.2) is 73.3 Å². The highest BCUT2D eigenvalue weighted by Gasteiger charge is 2.07. The molecule has 0 aliphatic heterocycles. The molecule has 2 rings (SSSR count). The fraction of sp³-hybridized carbons (Fsp3) is 0.105. The van der Waals surface area contributed by atoms with Gasteiger partial charge in [-0.2, -0.15) is 0 Å². The zero-order valence-corrected chi connectivity index (χ0v) is 12.4. The summed E-state index contributed by atoms with van der Waals surface area (Å²) in [6.07, 6.45) is 4.31. The number of allylic oxidation sites excluding steroid dienone is 1. The highest BCUT2D eigenvalue weighted by Crippen LogP contribution is 2.21. The maximum atomic E-state index is 12.1. The van der Waals surface area contributed by atoms with Crippen LogP contribution in [-0.2, 0) is 4.74 Å². The summed E-state index contributed by atoms with van der Waals surface area (Å²) >= 11 is 0. The molecule has 0 aliphatic carbocycles. The Morgan fingerprint density at radius 2 is 1.77 bits per heavy atom. The summed E-state index contributed by atoms with van der Waals surface area (Å²) in [5, 5.41) is 0.